The number of rotatable bonds is 4. The number of alkyl halides is 3. The molecule has 0 spiro atoms. The lowest BCUT2D eigenvalue weighted by Crippen LogP contribution is -2.54. The minimum Gasteiger partial charge on any atom is -0.436 e. The second-order valence-electron chi connectivity index (χ2n) is 8.51. The fourth-order valence-corrected chi connectivity index (χ4v) is 4.00. The Morgan fingerprint density at radius 1 is 1.26 bits per heavy atom. The summed E-state index contributed by atoms with van der Waals surface area (Å²) in [5.74, 6) is 5.05. The van der Waals surface area contributed by atoms with Crippen LogP contribution in [0.15, 0.2) is 30.5 Å². The zero-order valence-electron chi connectivity index (χ0n) is 18.7. The summed E-state index contributed by atoms with van der Waals surface area (Å²) in [5.41, 5.74) is -0.951. The van der Waals surface area contributed by atoms with Crippen molar-refractivity contribution in [1.82, 2.24) is 19.4 Å². The molecule has 2 aliphatic heterocycles. The Labute approximate surface area is 198 Å². The number of nitro groups is 1. The highest BCUT2D eigenvalue weighted by atomic mass is 19.4. The second kappa shape index (κ2) is 9.46. The molecule has 1 atom stereocenters. The van der Waals surface area contributed by atoms with Crippen LogP contribution in [0.3, 0.4) is 0 Å². The van der Waals surface area contributed by atoms with Gasteiger partial charge in [-0.05, 0) is 36.1 Å². The van der Waals surface area contributed by atoms with Crippen molar-refractivity contribution in [2.75, 3.05) is 39.3 Å². The molecule has 4 rings (SSSR count). The first-order valence-electron chi connectivity index (χ1n) is 10.7. The molecule has 0 radical (unpaired) electrons. The van der Waals surface area contributed by atoms with Gasteiger partial charge in [-0.1, -0.05) is 11.8 Å². The van der Waals surface area contributed by atoms with Crippen LogP contribution in [0.5, 0.6) is 6.01 Å². The monoisotopic (exact) mass is 493 g/mol. The number of benzene rings is 1. The van der Waals surface area contributed by atoms with Crippen molar-refractivity contribution in [2.24, 2.45) is 0 Å². The number of carbonyl (C=O) groups is 1. The van der Waals surface area contributed by atoms with Crippen LogP contribution in [0.1, 0.15) is 18.1 Å². The van der Waals surface area contributed by atoms with Crippen LogP contribution in [0.25, 0.3) is 0 Å². The highest BCUT2D eigenvalue weighted by Gasteiger charge is 2.42. The second-order valence-corrected chi connectivity index (χ2v) is 8.51. The maximum Gasteiger partial charge on any atom is 0.416 e. The number of fused-ring (bicyclic) bond motifs is 1. The molecule has 0 saturated carbocycles. The molecule has 1 unspecified atom stereocenters. The number of imidazole rings is 1. The quantitative estimate of drug-likeness (QED) is 0.367. The molecule has 1 amide bonds. The first-order chi connectivity index (χ1) is 16.5. The molecule has 1 aromatic heterocycles. The van der Waals surface area contributed by atoms with E-state index >= 15 is 0 Å². The maximum absolute atomic E-state index is 12.6. The van der Waals surface area contributed by atoms with Gasteiger partial charge >= 0.3 is 24.1 Å². The van der Waals surface area contributed by atoms with E-state index in [9.17, 15) is 28.1 Å². The van der Waals surface area contributed by atoms with Crippen LogP contribution in [-0.2, 0) is 17.5 Å². The maximum atomic E-state index is 12.6. The van der Waals surface area contributed by atoms with E-state index in [1.165, 1.54) is 18.3 Å². The Bertz CT molecular complexity index is 1140. The average Bonchev–Trinajstić information content (AvgIpc) is 3.32. The van der Waals surface area contributed by atoms with Gasteiger partial charge in [-0.3, -0.25) is 9.47 Å². The summed E-state index contributed by atoms with van der Waals surface area (Å²) in [4.78, 5) is 30.1. The van der Waals surface area contributed by atoms with Crippen molar-refractivity contribution in [2.45, 2.75) is 25.2 Å². The standard InChI is InChI=1S/C22H22F3N5O5/c1-21(15-29-13-18(30(32)33)26-19(29)35-21)14-27-8-10-28(11-9-27)20(31)34-12-2-3-16-4-6-17(7-5-16)22(23,24)25/h4-7,13H,8-12,14-15H2,1H3. The van der Waals surface area contributed by atoms with Crippen molar-refractivity contribution in [3.8, 4) is 17.9 Å². The van der Waals surface area contributed by atoms with E-state index in [1.54, 1.807) is 9.47 Å². The van der Waals surface area contributed by atoms with Crippen LogP contribution in [0.4, 0.5) is 23.8 Å². The topological polar surface area (TPSA) is 103 Å². The lowest BCUT2D eigenvalue weighted by atomic mass is 10.1. The van der Waals surface area contributed by atoms with Gasteiger partial charge in [0.2, 0.25) is 0 Å². The molecule has 0 bridgehead atoms. The first-order valence-corrected chi connectivity index (χ1v) is 10.7. The van der Waals surface area contributed by atoms with Gasteiger partial charge in [0.05, 0.1) is 12.1 Å². The van der Waals surface area contributed by atoms with Gasteiger partial charge in [0.25, 0.3) is 0 Å². The number of nitrogens with zero attached hydrogens (tertiary/aromatic N) is 5. The van der Waals surface area contributed by atoms with Gasteiger partial charge in [-0.25, -0.2) is 4.79 Å². The first kappa shape index (κ1) is 24.3. The highest BCUT2D eigenvalue weighted by molar-refractivity contribution is 5.68. The number of hydrogen-bond donors (Lipinski definition) is 0. The van der Waals surface area contributed by atoms with Gasteiger partial charge in [0, 0.05) is 43.3 Å². The molecule has 10 nitrogen and oxygen atoms in total. The lowest BCUT2D eigenvalue weighted by molar-refractivity contribution is -0.389. The minimum atomic E-state index is -4.40. The zero-order valence-corrected chi connectivity index (χ0v) is 18.7. The molecule has 1 saturated heterocycles. The number of ether oxygens (including phenoxy) is 2. The van der Waals surface area contributed by atoms with E-state index in [0.717, 1.165) is 12.1 Å². The Kier molecular flexibility index (Phi) is 6.58. The van der Waals surface area contributed by atoms with Crippen LogP contribution in [0, 0.1) is 22.0 Å². The van der Waals surface area contributed by atoms with E-state index in [1.807, 2.05) is 6.92 Å². The number of hydrogen-bond acceptors (Lipinski definition) is 7. The molecule has 1 aromatic carbocycles. The summed E-state index contributed by atoms with van der Waals surface area (Å²) < 4.78 is 50.4. The van der Waals surface area contributed by atoms with Gasteiger partial charge in [0.15, 0.2) is 6.61 Å². The van der Waals surface area contributed by atoms with E-state index in [2.05, 4.69) is 21.7 Å². The molecular formula is C22H22F3N5O5. The SMILES string of the molecule is CC1(CN2CCN(C(=O)OCC#Cc3ccc(C(F)(F)F)cc3)CC2)Cn2cc([N+](=O)[O-])nc2O1. The van der Waals surface area contributed by atoms with Crippen LogP contribution < -0.4 is 4.74 Å². The third-order valence-electron chi connectivity index (χ3n) is 5.66. The van der Waals surface area contributed by atoms with Crippen LogP contribution >= 0.6 is 0 Å². The molecule has 2 aliphatic rings. The molecule has 1 fully saturated rings. The summed E-state index contributed by atoms with van der Waals surface area (Å²) in [5, 5.41) is 10.8. The summed E-state index contributed by atoms with van der Waals surface area (Å²) in [6.07, 6.45) is -3.56. The summed E-state index contributed by atoms with van der Waals surface area (Å²) >= 11 is 0. The third kappa shape index (κ3) is 5.83. The van der Waals surface area contributed by atoms with Crippen molar-refractivity contribution in [3.63, 3.8) is 0 Å². The highest BCUT2D eigenvalue weighted by Crippen LogP contribution is 2.32. The summed E-state index contributed by atoms with van der Waals surface area (Å²) in [6.45, 7) is 4.79. The smallest absolute Gasteiger partial charge is 0.416 e. The Hall–Kier alpha value is -3.79. The summed E-state index contributed by atoms with van der Waals surface area (Å²) in [6, 6.07) is 4.65. The summed E-state index contributed by atoms with van der Waals surface area (Å²) in [7, 11) is 0. The minimum absolute atomic E-state index is 0.177. The molecule has 13 heteroatoms. The number of carbonyl (C=O) groups excluding carboxylic acids is 1. The van der Waals surface area contributed by atoms with Crippen molar-refractivity contribution in [1.29, 1.82) is 0 Å². The normalized spacial score (nSPS) is 19.9. The van der Waals surface area contributed by atoms with E-state index in [-0.39, 0.29) is 18.4 Å². The Balaban J connectivity index is 1.19. The van der Waals surface area contributed by atoms with Gasteiger partial charge in [-0.2, -0.15) is 13.2 Å². The van der Waals surface area contributed by atoms with Crippen molar-refractivity contribution >= 4 is 11.9 Å². The molecular weight excluding hydrogens is 471 g/mol. The van der Waals surface area contributed by atoms with Crippen molar-refractivity contribution < 1.29 is 32.4 Å². The zero-order chi connectivity index (χ0) is 25.2. The average molecular weight is 493 g/mol. The predicted octanol–water partition coefficient (Wildman–Crippen LogP) is 2.77. The number of amides is 1. The van der Waals surface area contributed by atoms with Gasteiger partial charge in [-0.15, -0.1) is 0 Å². The largest absolute Gasteiger partial charge is 0.436 e. The van der Waals surface area contributed by atoms with E-state index in [4.69, 9.17) is 9.47 Å². The van der Waals surface area contributed by atoms with Crippen molar-refractivity contribution in [3.05, 3.63) is 51.7 Å². The van der Waals surface area contributed by atoms with Gasteiger partial charge < -0.3 is 24.5 Å². The fraction of sp³-hybridized carbons (Fsp3) is 0.455. The predicted molar refractivity (Wildman–Crippen MR) is 116 cm³/mol. The molecule has 186 valence electrons. The molecule has 0 N–H and O–H groups in total. The number of piperazine rings is 1. The lowest BCUT2D eigenvalue weighted by Gasteiger charge is -2.37. The number of halogens is 3. The Morgan fingerprint density at radius 3 is 2.54 bits per heavy atom. The molecule has 3 heterocycles. The number of aromatic nitrogens is 2. The molecule has 0 aliphatic carbocycles. The van der Waals surface area contributed by atoms with Gasteiger partial charge in [0.1, 0.15) is 11.8 Å². The molecule has 2 aromatic rings. The van der Waals surface area contributed by atoms with E-state index < -0.39 is 28.4 Å². The Morgan fingerprint density at radius 2 is 1.94 bits per heavy atom. The van der Waals surface area contributed by atoms with E-state index in [0.29, 0.717) is 44.8 Å². The molecule has 35 heavy (non-hydrogen) atoms. The van der Waals surface area contributed by atoms with Crippen LogP contribution in [0.2, 0.25) is 0 Å². The fourth-order valence-electron chi connectivity index (χ4n) is 4.00. The third-order valence-corrected chi connectivity index (χ3v) is 5.66. The van der Waals surface area contributed by atoms with Crippen LogP contribution in [-0.4, -0.2) is 75.3 Å².